The zero-order chi connectivity index (χ0) is 14.7. The van der Waals surface area contributed by atoms with E-state index in [4.69, 9.17) is 4.52 Å². The van der Waals surface area contributed by atoms with Crippen molar-refractivity contribution in [2.24, 2.45) is 0 Å². The van der Waals surface area contributed by atoms with Gasteiger partial charge in [0.05, 0.1) is 12.2 Å². The molecule has 0 atom stereocenters. The first-order valence-corrected chi connectivity index (χ1v) is 7.03. The number of nitrogens with zero attached hydrogens (tertiary/aromatic N) is 2. The molecule has 1 aromatic rings. The van der Waals surface area contributed by atoms with Crippen molar-refractivity contribution in [2.75, 3.05) is 19.6 Å². The smallest absolute Gasteiger partial charge is 0.257 e. The maximum absolute atomic E-state index is 12.2. The van der Waals surface area contributed by atoms with Gasteiger partial charge in [0.25, 0.3) is 5.91 Å². The Bertz CT molecular complexity index is 502. The van der Waals surface area contributed by atoms with Gasteiger partial charge in [-0.2, -0.15) is 0 Å². The molecule has 1 aromatic heterocycles. The Morgan fingerprint density at radius 2 is 2.00 bits per heavy atom. The predicted molar refractivity (Wildman–Crippen MR) is 73.5 cm³/mol. The zero-order valence-electron chi connectivity index (χ0n) is 12.2. The summed E-state index contributed by atoms with van der Waals surface area (Å²) in [5.74, 6) is 0.316. The molecule has 6 nitrogen and oxygen atoms in total. The number of aromatic nitrogens is 1. The second kappa shape index (κ2) is 6.07. The first kappa shape index (κ1) is 14.6. The third-order valence-electron chi connectivity index (χ3n) is 3.50. The molecule has 2 rings (SSSR count). The first-order chi connectivity index (χ1) is 9.50. The van der Waals surface area contributed by atoms with Crippen LogP contribution in [0.1, 0.15) is 54.4 Å². The number of hydrogen-bond donors (Lipinski definition) is 1. The van der Waals surface area contributed by atoms with Gasteiger partial charge in [-0.15, -0.1) is 0 Å². The second-order valence-corrected chi connectivity index (χ2v) is 5.43. The molecule has 2 amide bonds. The van der Waals surface area contributed by atoms with Crippen LogP contribution in [0.2, 0.25) is 0 Å². The van der Waals surface area contributed by atoms with Gasteiger partial charge in [0.1, 0.15) is 5.56 Å². The summed E-state index contributed by atoms with van der Waals surface area (Å²) in [6.07, 6.45) is 2.09. The molecule has 0 saturated carbocycles. The Balaban J connectivity index is 1.98. The molecule has 2 heterocycles. The number of aryl methyl sites for hydroxylation is 1. The van der Waals surface area contributed by atoms with Crippen molar-refractivity contribution in [3.05, 3.63) is 17.0 Å². The Morgan fingerprint density at radius 1 is 1.35 bits per heavy atom. The van der Waals surface area contributed by atoms with Crippen LogP contribution in [0.25, 0.3) is 0 Å². The maximum atomic E-state index is 12.2. The van der Waals surface area contributed by atoms with E-state index < -0.39 is 0 Å². The van der Waals surface area contributed by atoms with Crippen LogP contribution in [-0.4, -0.2) is 41.5 Å². The van der Waals surface area contributed by atoms with Crippen LogP contribution in [0.15, 0.2) is 4.52 Å². The molecule has 1 aliphatic rings. The minimum absolute atomic E-state index is 0.0288. The van der Waals surface area contributed by atoms with Crippen molar-refractivity contribution in [1.29, 1.82) is 0 Å². The molecule has 0 unspecified atom stereocenters. The van der Waals surface area contributed by atoms with Crippen molar-refractivity contribution in [3.63, 3.8) is 0 Å². The van der Waals surface area contributed by atoms with E-state index in [1.807, 2.05) is 13.8 Å². The third kappa shape index (κ3) is 3.00. The summed E-state index contributed by atoms with van der Waals surface area (Å²) in [7, 11) is 0. The lowest BCUT2D eigenvalue weighted by Crippen LogP contribution is -2.39. The van der Waals surface area contributed by atoms with Gasteiger partial charge in [-0.25, -0.2) is 0 Å². The molecule has 20 heavy (non-hydrogen) atoms. The largest absolute Gasteiger partial charge is 0.360 e. The van der Waals surface area contributed by atoms with Crippen LogP contribution in [0.5, 0.6) is 0 Å². The molecule has 0 spiro atoms. The van der Waals surface area contributed by atoms with Crippen LogP contribution in [0.4, 0.5) is 0 Å². The lowest BCUT2D eigenvalue weighted by atomic mass is 10.0. The highest BCUT2D eigenvalue weighted by Crippen LogP contribution is 2.21. The summed E-state index contributed by atoms with van der Waals surface area (Å²) in [5.41, 5.74) is 1.01. The fourth-order valence-electron chi connectivity index (χ4n) is 2.38. The summed E-state index contributed by atoms with van der Waals surface area (Å²) < 4.78 is 5.18. The standard InChI is InChI=1S/C14H21N3O3/c1-9(2)13-12(10(3)16-20-13)14(19)15-8-11(18)17-6-4-5-7-17/h9H,4-8H2,1-3H3,(H,15,19). The number of nitrogens with one attached hydrogen (secondary N) is 1. The summed E-state index contributed by atoms with van der Waals surface area (Å²) in [4.78, 5) is 25.9. The molecule has 110 valence electrons. The fraction of sp³-hybridized carbons (Fsp3) is 0.643. The summed E-state index contributed by atoms with van der Waals surface area (Å²) in [6.45, 7) is 7.21. The van der Waals surface area contributed by atoms with Crippen LogP contribution < -0.4 is 5.32 Å². The SMILES string of the molecule is Cc1noc(C(C)C)c1C(=O)NCC(=O)N1CCCC1. The molecule has 0 bridgehead atoms. The van der Waals surface area contributed by atoms with E-state index in [2.05, 4.69) is 10.5 Å². The Labute approximate surface area is 118 Å². The Kier molecular flexibility index (Phi) is 4.42. The van der Waals surface area contributed by atoms with E-state index in [1.165, 1.54) is 0 Å². The Morgan fingerprint density at radius 3 is 2.60 bits per heavy atom. The van der Waals surface area contributed by atoms with Gasteiger partial charge in [-0.1, -0.05) is 19.0 Å². The van der Waals surface area contributed by atoms with Crippen molar-refractivity contribution in [1.82, 2.24) is 15.4 Å². The van der Waals surface area contributed by atoms with Crippen molar-refractivity contribution < 1.29 is 14.1 Å². The van der Waals surface area contributed by atoms with Crippen LogP contribution >= 0.6 is 0 Å². The van der Waals surface area contributed by atoms with Gasteiger partial charge in [0.15, 0.2) is 5.76 Å². The lowest BCUT2D eigenvalue weighted by molar-refractivity contribution is -0.129. The molecule has 6 heteroatoms. The number of hydrogen-bond acceptors (Lipinski definition) is 4. The molecular weight excluding hydrogens is 258 g/mol. The number of likely N-dealkylation sites (tertiary alicyclic amines) is 1. The number of carbonyl (C=O) groups excluding carboxylic acids is 2. The van der Waals surface area contributed by atoms with Gasteiger partial charge in [-0.3, -0.25) is 9.59 Å². The monoisotopic (exact) mass is 279 g/mol. The summed E-state index contributed by atoms with van der Waals surface area (Å²) >= 11 is 0. The van der Waals surface area contributed by atoms with E-state index >= 15 is 0 Å². The number of rotatable bonds is 4. The summed E-state index contributed by atoms with van der Waals surface area (Å²) in [6, 6.07) is 0. The van der Waals surface area contributed by atoms with Gasteiger partial charge >= 0.3 is 0 Å². The molecule has 1 aliphatic heterocycles. The molecule has 1 N–H and O–H groups in total. The summed E-state index contributed by atoms with van der Waals surface area (Å²) in [5, 5.41) is 6.50. The topological polar surface area (TPSA) is 75.4 Å². The number of amides is 2. The van der Waals surface area contributed by atoms with Crippen LogP contribution in [0.3, 0.4) is 0 Å². The predicted octanol–water partition coefficient (Wildman–Crippen LogP) is 1.46. The highest BCUT2D eigenvalue weighted by molar-refractivity contribution is 5.98. The highest BCUT2D eigenvalue weighted by Gasteiger charge is 2.24. The molecule has 1 saturated heterocycles. The second-order valence-electron chi connectivity index (χ2n) is 5.43. The highest BCUT2D eigenvalue weighted by atomic mass is 16.5. The van der Waals surface area contributed by atoms with E-state index in [9.17, 15) is 9.59 Å². The first-order valence-electron chi connectivity index (χ1n) is 7.03. The molecule has 0 aliphatic carbocycles. The van der Waals surface area contributed by atoms with Crippen molar-refractivity contribution >= 4 is 11.8 Å². The van der Waals surface area contributed by atoms with E-state index in [1.54, 1.807) is 11.8 Å². The van der Waals surface area contributed by atoms with Crippen LogP contribution in [0, 0.1) is 6.92 Å². The van der Waals surface area contributed by atoms with E-state index in [-0.39, 0.29) is 24.3 Å². The van der Waals surface area contributed by atoms with E-state index in [0.29, 0.717) is 17.0 Å². The minimum Gasteiger partial charge on any atom is -0.360 e. The van der Waals surface area contributed by atoms with Gasteiger partial charge in [0.2, 0.25) is 5.91 Å². The molecule has 1 fully saturated rings. The lowest BCUT2D eigenvalue weighted by Gasteiger charge is -2.15. The van der Waals surface area contributed by atoms with Gasteiger partial charge < -0.3 is 14.7 Å². The minimum atomic E-state index is -0.292. The molecular formula is C14H21N3O3. The van der Waals surface area contributed by atoms with Crippen molar-refractivity contribution in [3.8, 4) is 0 Å². The fourth-order valence-corrected chi connectivity index (χ4v) is 2.38. The van der Waals surface area contributed by atoms with Gasteiger partial charge in [-0.05, 0) is 19.8 Å². The quantitative estimate of drug-likeness (QED) is 0.905. The molecule has 0 aromatic carbocycles. The van der Waals surface area contributed by atoms with E-state index in [0.717, 1.165) is 25.9 Å². The van der Waals surface area contributed by atoms with Crippen molar-refractivity contribution in [2.45, 2.75) is 39.5 Å². The average molecular weight is 279 g/mol. The van der Waals surface area contributed by atoms with Crippen LogP contribution in [-0.2, 0) is 4.79 Å². The zero-order valence-corrected chi connectivity index (χ0v) is 12.2. The Hall–Kier alpha value is -1.85. The average Bonchev–Trinajstić information content (AvgIpc) is 3.04. The third-order valence-corrected chi connectivity index (χ3v) is 3.50. The maximum Gasteiger partial charge on any atom is 0.257 e. The van der Waals surface area contributed by atoms with Gasteiger partial charge in [0, 0.05) is 19.0 Å². The normalized spacial score (nSPS) is 14.9. The molecule has 0 radical (unpaired) electrons. The number of carbonyl (C=O) groups is 2.